The molecule has 1 aliphatic rings. The van der Waals surface area contributed by atoms with Gasteiger partial charge in [-0.3, -0.25) is 14.9 Å². The fraction of sp³-hybridized carbons (Fsp3) is 0.250. The minimum absolute atomic E-state index is 0.0627. The molecule has 1 aromatic carbocycles. The first kappa shape index (κ1) is 15.7. The van der Waals surface area contributed by atoms with Crippen molar-refractivity contribution in [3.05, 3.63) is 69.7 Å². The van der Waals surface area contributed by atoms with E-state index in [1.807, 2.05) is 4.90 Å². The smallest absolute Gasteiger partial charge is 0.292 e. The summed E-state index contributed by atoms with van der Waals surface area (Å²) in [5.41, 5.74) is 0.964. The zero-order valence-electron chi connectivity index (χ0n) is 12.9. The van der Waals surface area contributed by atoms with Crippen molar-refractivity contribution in [3.8, 4) is 0 Å². The summed E-state index contributed by atoms with van der Waals surface area (Å²) in [7, 11) is 0. The minimum Gasteiger partial charge on any atom is -0.619 e. The SMILES string of the molecule is O=C(c1ccc[n+]([O-])c1)N1CCN(c2ccccc2[N+](=O)[O-])CC1. The molecule has 124 valence electrons. The van der Waals surface area contributed by atoms with Crippen molar-refractivity contribution in [2.24, 2.45) is 0 Å². The van der Waals surface area contributed by atoms with Gasteiger partial charge in [0.05, 0.1) is 4.92 Å². The zero-order valence-corrected chi connectivity index (χ0v) is 12.9. The fourth-order valence-corrected chi connectivity index (χ4v) is 2.80. The van der Waals surface area contributed by atoms with Gasteiger partial charge in [0, 0.05) is 38.3 Å². The van der Waals surface area contributed by atoms with Crippen molar-refractivity contribution in [1.82, 2.24) is 4.90 Å². The molecule has 0 spiro atoms. The van der Waals surface area contributed by atoms with Crippen LogP contribution in [0.15, 0.2) is 48.8 Å². The normalized spacial score (nSPS) is 14.5. The van der Waals surface area contributed by atoms with E-state index in [-0.39, 0.29) is 11.6 Å². The van der Waals surface area contributed by atoms with Crippen LogP contribution < -0.4 is 9.63 Å². The number of amides is 1. The number of nitro benzene ring substituents is 1. The largest absolute Gasteiger partial charge is 0.619 e. The third kappa shape index (κ3) is 3.12. The monoisotopic (exact) mass is 328 g/mol. The van der Waals surface area contributed by atoms with Crippen LogP contribution in [0.25, 0.3) is 0 Å². The number of nitrogens with zero attached hydrogens (tertiary/aromatic N) is 4. The molecule has 24 heavy (non-hydrogen) atoms. The van der Waals surface area contributed by atoms with Crippen molar-refractivity contribution in [2.45, 2.75) is 0 Å². The Kier molecular flexibility index (Phi) is 4.28. The predicted octanol–water partition coefficient (Wildman–Crippen LogP) is 1.19. The highest BCUT2D eigenvalue weighted by atomic mass is 16.6. The summed E-state index contributed by atoms with van der Waals surface area (Å²) in [6, 6.07) is 9.72. The van der Waals surface area contributed by atoms with Crippen LogP contribution >= 0.6 is 0 Å². The number of hydrogen-bond acceptors (Lipinski definition) is 5. The van der Waals surface area contributed by atoms with E-state index in [1.165, 1.54) is 24.5 Å². The van der Waals surface area contributed by atoms with Gasteiger partial charge in [-0.2, -0.15) is 4.73 Å². The van der Waals surface area contributed by atoms with Crippen LogP contribution in [0.3, 0.4) is 0 Å². The molecule has 3 rings (SSSR count). The Balaban J connectivity index is 1.70. The van der Waals surface area contributed by atoms with Crippen molar-refractivity contribution >= 4 is 17.3 Å². The Labute approximate surface area is 138 Å². The third-order valence-corrected chi connectivity index (χ3v) is 4.01. The van der Waals surface area contributed by atoms with E-state index in [0.29, 0.717) is 42.2 Å². The maximum absolute atomic E-state index is 12.4. The molecule has 0 bridgehead atoms. The van der Waals surface area contributed by atoms with Gasteiger partial charge in [0.1, 0.15) is 11.3 Å². The van der Waals surface area contributed by atoms with Crippen molar-refractivity contribution in [2.75, 3.05) is 31.1 Å². The Morgan fingerprint density at radius 1 is 1.08 bits per heavy atom. The van der Waals surface area contributed by atoms with Crippen LogP contribution in [0.1, 0.15) is 10.4 Å². The van der Waals surface area contributed by atoms with Gasteiger partial charge >= 0.3 is 0 Å². The van der Waals surface area contributed by atoms with Crippen LogP contribution in [0, 0.1) is 15.3 Å². The van der Waals surface area contributed by atoms with Crippen molar-refractivity contribution in [1.29, 1.82) is 0 Å². The van der Waals surface area contributed by atoms with Crippen LogP contribution in [-0.2, 0) is 0 Å². The quantitative estimate of drug-likeness (QED) is 0.365. The second kappa shape index (κ2) is 6.53. The van der Waals surface area contributed by atoms with E-state index in [9.17, 15) is 20.1 Å². The Bertz CT molecular complexity index is 772. The number of benzene rings is 1. The number of rotatable bonds is 3. The second-order valence-electron chi connectivity index (χ2n) is 5.48. The van der Waals surface area contributed by atoms with E-state index in [2.05, 4.69) is 0 Å². The zero-order chi connectivity index (χ0) is 17.1. The highest BCUT2D eigenvalue weighted by molar-refractivity contribution is 5.93. The Hall–Kier alpha value is -3.16. The van der Waals surface area contributed by atoms with Crippen molar-refractivity contribution < 1.29 is 14.4 Å². The average Bonchev–Trinajstić information content (AvgIpc) is 2.61. The summed E-state index contributed by atoms with van der Waals surface area (Å²) in [5.74, 6) is -0.206. The number of nitro groups is 1. The molecule has 0 atom stereocenters. The lowest BCUT2D eigenvalue weighted by atomic mass is 10.2. The first-order valence-electron chi connectivity index (χ1n) is 7.53. The molecule has 0 radical (unpaired) electrons. The summed E-state index contributed by atoms with van der Waals surface area (Å²) in [6.07, 6.45) is 2.57. The number of hydrogen-bond donors (Lipinski definition) is 0. The van der Waals surface area contributed by atoms with Gasteiger partial charge in [0.15, 0.2) is 12.4 Å². The average molecular weight is 328 g/mol. The molecule has 0 N–H and O–H groups in total. The number of anilines is 1. The lowest BCUT2D eigenvalue weighted by Crippen LogP contribution is -2.49. The van der Waals surface area contributed by atoms with Gasteiger partial charge in [-0.25, -0.2) is 0 Å². The molecule has 0 aliphatic carbocycles. The first-order valence-corrected chi connectivity index (χ1v) is 7.53. The van der Waals surface area contributed by atoms with Gasteiger partial charge in [-0.1, -0.05) is 12.1 Å². The van der Waals surface area contributed by atoms with E-state index in [1.54, 1.807) is 29.2 Å². The molecule has 1 aliphatic heterocycles. The van der Waals surface area contributed by atoms with Gasteiger partial charge in [-0.15, -0.1) is 0 Å². The number of carbonyl (C=O) groups excluding carboxylic acids is 1. The molecule has 2 heterocycles. The number of piperazine rings is 1. The summed E-state index contributed by atoms with van der Waals surface area (Å²) in [5, 5.41) is 22.4. The van der Waals surface area contributed by atoms with Crippen LogP contribution in [0.2, 0.25) is 0 Å². The second-order valence-corrected chi connectivity index (χ2v) is 5.48. The Morgan fingerprint density at radius 3 is 2.46 bits per heavy atom. The van der Waals surface area contributed by atoms with Crippen LogP contribution in [0.4, 0.5) is 11.4 Å². The standard InChI is InChI=1S/C16H16N4O4/c21-16(13-4-3-7-19(22)12-13)18-10-8-17(9-11-18)14-5-1-2-6-15(14)20(23)24/h1-7,12H,8-11H2. The van der Waals surface area contributed by atoms with E-state index < -0.39 is 4.92 Å². The molecular formula is C16H16N4O4. The molecule has 2 aromatic rings. The maximum atomic E-state index is 12.4. The molecule has 0 saturated carbocycles. The maximum Gasteiger partial charge on any atom is 0.292 e. The fourth-order valence-electron chi connectivity index (χ4n) is 2.80. The third-order valence-electron chi connectivity index (χ3n) is 4.01. The first-order chi connectivity index (χ1) is 11.6. The molecule has 0 unspecified atom stereocenters. The molecule has 1 aromatic heterocycles. The van der Waals surface area contributed by atoms with Crippen LogP contribution in [0.5, 0.6) is 0 Å². The molecule has 1 amide bonds. The topological polar surface area (TPSA) is 93.6 Å². The lowest BCUT2D eigenvalue weighted by Gasteiger charge is -2.35. The number of pyridine rings is 1. The van der Waals surface area contributed by atoms with E-state index >= 15 is 0 Å². The predicted molar refractivity (Wildman–Crippen MR) is 86.6 cm³/mol. The van der Waals surface area contributed by atoms with E-state index in [0.717, 1.165) is 0 Å². The molecular weight excluding hydrogens is 312 g/mol. The van der Waals surface area contributed by atoms with Crippen molar-refractivity contribution in [3.63, 3.8) is 0 Å². The summed E-state index contributed by atoms with van der Waals surface area (Å²) >= 11 is 0. The Morgan fingerprint density at radius 2 is 1.79 bits per heavy atom. The molecule has 1 saturated heterocycles. The summed E-state index contributed by atoms with van der Waals surface area (Å²) < 4.78 is 0.594. The molecule has 1 fully saturated rings. The number of para-hydroxylation sites is 2. The molecule has 8 heteroatoms. The highest BCUT2D eigenvalue weighted by Crippen LogP contribution is 2.28. The number of carbonyl (C=O) groups is 1. The van der Waals surface area contributed by atoms with Gasteiger partial charge < -0.3 is 15.0 Å². The summed E-state index contributed by atoms with van der Waals surface area (Å²) in [4.78, 5) is 26.7. The molecule has 8 nitrogen and oxygen atoms in total. The van der Waals surface area contributed by atoms with Crippen LogP contribution in [-0.4, -0.2) is 41.9 Å². The van der Waals surface area contributed by atoms with Gasteiger partial charge in [0.2, 0.25) is 0 Å². The van der Waals surface area contributed by atoms with E-state index in [4.69, 9.17) is 0 Å². The summed E-state index contributed by atoms with van der Waals surface area (Å²) in [6.45, 7) is 1.89. The van der Waals surface area contributed by atoms with Gasteiger partial charge in [-0.05, 0) is 12.1 Å². The van der Waals surface area contributed by atoms with Gasteiger partial charge in [0.25, 0.3) is 11.6 Å². The lowest BCUT2D eigenvalue weighted by molar-refractivity contribution is -0.605. The minimum atomic E-state index is -0.399. The highest BCUT2D eigenvalue weighted by Gasteiger charge is 2.26. The number of aromatic nitrogens is 1.